The van der Waals surface area contributed by atoms with E-state index in [-0.39, 0.29) is 18.3 Å². The summed E-state index contributed by atoms with van der Waals surface area (Å²) in [6.45, 7) is 2.72. The fourth-order valence-electron chi connectivity index (χ4n) is 2.51. The smallest absolute Gasteiger partial charge is 0.255 e. The van der Waals surface area contributed by atoms with Gasteiger partial charge in [-0.05, 0) is 60.4 Å². The van der Waals surface area contributed by atoms with Gasteiger partial charge in [0.25, 0.3) is 5.91 Å². The monoisotopic (exact) mass is 346 g/mol. The Labute approximate surface area is 129 Å². The summed E-state index contributed by atoms with van der Waals surface area (Å²) in [6.07, 6.45) is 2.31. The summed E-state index contributed by atoms with van der Waals surface area (Å²) < 4.78 is 0.880. The van der Waals surface area contributed by atoms with Crippen LogP contribution in [0.4, 0.5) is 0 Å². The van der Waals surface area contributed by atoms with Crippen molar-refractivity contribution < 1.29 is 4.79 Å². The van der Waals surface area contributed by atoms with Gasteiger partial charge < -0.3 is 10.2 Å². The standard InChI is InChI=1S/C14H19BrN2O.ClH/c1-16-9-11-5-4-8-17(10-11)14(18)12-6-2-3-7-13(12)15;/h2-3,6-7,11,16H,4-5,8-10H2,1H3;1H. The maximum absolute atomic E-state index is 12.4. The molecule has 1 amide bonds. The van der Waals surface area contributed by atoms with Crippen LogP contribution in [0.3, 0.4) is 0 Å². The van der Waals surface area contributed by atoms with Gasteiger partial charge in [0.2, 0.25) is 0 Å². The molecule has 1 fully saturated rings. The maximum Gasteiger partial charge on any atom is 0.255 e. The summed E-state index contributed by atoms with van der Waals surface area (Å²) in [5.74, 6) is 0.721. The molecular formula is C14H20BrClN2O. The van der Waals surface area contributed by atoms with Crippen LogP contribution in [-0.2, 0) is 0 Å². The van der Waals surface area contributed by atoms with Crippen molar-refractivity contribution in [3.63, 3.8) is 0 Å². The van der Waals surface area contributed by atoms with Gasteiger partial charge in [-0.2, -0.15) is 0 Å². The number of rotatable bonds is 3. The molecule has 0 bridgehead atoms. The molecule has 1 saturated heterocycles. The predicted octanol–water partition coefficient (Wildman–Crippen LogP) is 2.94. The molecule has 1 aliphatic heterocycles. The third-order valence-electron chi connectivity index (χ3n) is 3.40. The van der Waals surface area contributed by atoms with E-state index in [2.05, 4.69) is 21.2 Å². The molecule has 1 aliphatic rings. The largest absolute Gasteiger partial charge is 0.338 e. The second kappa shape index (κ2) is 7.88. The number of halogens is 2. The van der Waals surface area contributed by atoms with E-state index in [1.54, 1.807) is 0 Å². The molecular weight excluding hydrogens is 328 g/mol. The molecule has 106 valence electrons. The minimum atomic E-state index is 0. The normalized spacial score (nSPS) is 18.8. The van der Waals surface area contributed by atoms with Gasteiger partial charge in [0.15, 0.2) is 0 Å². The first kappa shape index (κ1) is 16.5. The Morgan fingerprint density at radius 3 is 2.89 bits per heavy atom. The zero-order valence-corrected chi connectivity index (χ0v) is 13.5. The lowest BCUT2D eigenvalue weighted by atomic mass is 9.97. The number of hydrogen-bond acceptors (Lipinski definition) is 2. The summed E-state index contributed by atoms with van der Waals surface area (Å²) in [6, 6.07) is 7.64. The Bertz CT molecular complexity index is 426. The van der Waals surface area contributed by atoms with E-state index in [1.165, 1.54) is 6.42 Å². The molecule has 3 nitrogen and oxygen atoms in total. The van der Waals surface area contributed by atoms with Crippen molar-refractivity contribution in [2.75, 3.05) is 26.7 Å². The molecule has 0 aliphatic carbocycles. The quantitative estimate of drug-likeness (QED) is 0.912. The maximum atomic E-state index is 12.4. The number of benzene rings is 1. The molecule has 0 saturated carbocycles. The summed E-state index contributed by atoms with van der Waals surface area (Å²) >= 11 is 3.45. The Morgan fingerprint density at radius 1 is 1.47 bits per heavy atom. The van der Waals surface area contributed by atoms with Crippen molar-refractivity contribution in [3.05, 3.63) is 34.3 Å². The van der Waals surface area contributed by atoms with Crippen molar-refractivity contribution in [2.45, 2.75) is 12.8 Å². The zero-order valence-electron chi connectivity index (χ0n) is 11.1. The summed E-state index contributed by atoms with van der Waals surface area (Å²) in [4.78, 5) is 14.4. The van der Waals surface area contributed by atoms with Crippen LogP contribution in [0.15, 0.2) is 28.7 Å². The number of likely N-dealkylation sites (tertiary alicyclic amines) is 1. The molecule has 0 radical (unpaired) electrons. The van der Waals surface area contributed by atoms with Crippen LogP contribution >= 0.6 is 28.3 Å². The first-order valence-electron chi connectivity index (χ1n) is 6.40. The number of carbonyl (C=O) groups excluding carboxylic acids is 1. The van der Waals surface area contributed by atoms with Crippen LogP contribution in [-0.4, -0.2) is 37.5 Å². The second-order valence-corrected chi connectivity index (χ2v) is 5.65. The first-order valence-corrected chi connectivity index (χ1v) is 7.20. The molecule has 1 unspecified atom stereocenters. The zero-order chi connectivity index (χ0) is 13.0. The Kier molecular flexibility index (Phi) is 6.83. The highest BCUT2D eigenvalue weighted by Gasteiger charge is 2.24. The molecule has 5 heteroatoms. The van der Waals surface area contributed by atoms with Crippen LogP contribution in [0.5, 0.6) is 0 Å². The fourth-order valence-corrected chi connectivity index (χ4v) is 2.96. The van der Waals surface area contributed by atoms with E-state index in [4.69, 9.17) is 0 Å². The van der Waals surface area contributed by atoms with Crippen molar-refractivity contribution >= 4 is 34.2 Å². The van der Waals surface area contributed by atoms with Gasteiger partial charge in [-0.25, -0.2) is 0 Å². The van der Waals surface area contributed by atoms with E-state index in [0.29, 0.717) is 5.92 Å². The molecule has 1 aromatic carbocycles. The highest BCUT2D eigenvalue weighted by molar-refractivity contribution is 9.10. The average Bonchev–Trinajstić information content (AvgIpc) is 2.39. The number of carbonyl (C=O) groups is 1. The minimum absolute atomic E-state index is 0. The topological polar surface area (TPSA) is 32.3 Å². The molecule has 1 aromatic rings. The van der Waals surface area contributed by atoms with E-state index >= 15 is 0 Å². The number of amides is 1. The van der Waals surface area contributed by atoms with Gasteiger partial charge in [0.1, 0.15) is 0 Å². The van der Waals surface area contributed by atoms with Crippen LogP contribution < -0.4 is 5.32 Å². The predicted molar refractivity (Wildman–Crippen MR) is 83.9 cm³/mol. The first-order chi connectivity index (χ1) is 8.72. The molecule has 1 atom stereocenters. The van der Waals surface area contributed by atoms with Crippen LogP contribution in [0.1, 0.15) is 23.2 Å². The van der Waals surface area contributed by atoms with Gasteiger partial charge in [0.05, 0.1) is 5.56 Å². The van der Waals surface area contributed by atoms with Gasteiger partial charge >= 0.3 is 0 Å². The second-order valence-electron chi connectivity index (χ2n) is 4.80. The van der Waals surface area contributed by atoms with Crippen molar-refractivity contribution in [2.24, 2.45) is 5.92 Å². The number of nitrogens with one attached hydrogen (secondary N) is 1. The van der Waals surface area contributed by atoms with E-state index in [1.807, 2.05) is 36.2 Å². The number of nitrogens with zero attached hydrogens (tertiary/aromatic N) is 1. The lowest BCUT2D eigenvalue weighted by Gasteiger charge is -2.33. The summed E-state index contributed by atoms with van der Waals surface area (Å²) in [5.41, 5.74) is 0.766. The minimum Gasteiger partial charge on any atom is -0.338 e. The van der Waals surface area contributed by atoms with Crippen molar-refractivity contribution in [1.82, 2.24) is 10.2 Å². The number of hydrogen-bond donors (Lipinski definition) is 1. The third kappa shape index (κ3) is 4.20. The van der Waals surface area contributed by atoms with Gasteiger partial charge in [-0.1, -0.05) is 12.1 Å². The number of piperidine rings is 1. The lowest BCUT2D eigenvalue weighted by molar-refractivity contribution is 0.0673. The van der Waals surface area contributed by atoms with Crippen LogP contribution in [0, 0.1) is 5.92 Å². The molecule has 2 rings (SSSR count). The summed E-state index contributed by atoms with van der Waals surface area (Å²) in [7, 11) is 1.97. The third-order valence-corrected chi connectivity index (χ3v) is 4.09. The van der Waals surface area contributed by atoms with Crippen molar-refractivity contribution in [3.8, 4) is 0 Å². The van der Waals surface area contributed by atoms with Gasteiger partial charge in [-0.15, -0.1) is 12.4 Å². The van der Waals surface area contributed by atoms with Crippen LogP contribution in [0.25, 0.3) is 0 Å². The highest BCUT2D eigenvalue weighted by Crippen LogP contribution is 2.22. The van der Waals surface area contributed by atoms with Gasteiger partial charge in [0, 0.05) is 17.6 Å². The molecule has 0 aromatic heterocycles. The molecule has 0 spiro atoms. The highest BCUT2D eigenvalue weighted by atomic mass is 79.9. The lowest BCUT2D eigenvalue weighted by Crippen LogP contribution is -2.42. The van der Waals surface area contributed by atoms with Gasteiger partial charge in [-0.3, -0.25) is 4.79 Å². The van der Waals surface area contributed by atoms with E-state index in [0.717, 1.165) is 36.1 Å². The summed E-state index contributed by atoms with van der Waals surface area (Å²) in [5, 5.41) is 3.20. The van der Waals surface area contributed by atoms with Crippen LogP contribution in [0.2, 0.25) is 0 Å². The Morgan fingerprint density at radius 2 is 2.21 bits per heavy atom. The molecule has 19 heavy (non-hydrogen) atoms. The SMILES string of the molecule is CNCC1CCCN(C(=O)c2ccccc2Br)C1.Cl. The van der Waals surface area contributed by atoms with Crippen molar-refractivity contribution in [1.29, 1.82) is 0 Å². The molecule has 1 heterocycles. The Hall–Kier alpha value is -0.580. The fraction of sp³-hybridized carbons (Fsp3) is 0.500. The average molecular weight is 348 g/mol. The van der Waals surface area contributed by atoms with E-state index in [9.17, 15) is 4.79 Å². The molecule has 1 N–H and O–H groups in total. The van der Waals surface area contributed by atoms with E-state index < -0.39 is 0 Å². The Balaban J connectivity index is 0.00000180.